The maximum Gasteiger partial charge on any atom is 0.326 e. The van der Waals surface area contributed by atoms with E-state index in [2.05, 4.69) is 10.3 Å². The number of fused-ring (bicyclic) bond motifs is 1. The molecule has 1 heterocycles. The van der Waals surface area contributed by atoms with Crippen LogP contribution in [0, 0.1) is 6.92 Å². The highest BCUT2D eigenvalue weighted by Gasteiger charge is 2.23. The van der Waals surface area contributed by atoms with Gasteiger partial charge in [0, 0.05) is 16.6 Å². The molecule has 0 saturated heterocycles. The molecule has 0 aliphatic heterocycles. The van der Waals surface area contributed by atoms with Crippen LogP contribution in [0.3, 0.4) is 0 Å². The van der Waals surface area contributed by atoms with E-state index in [-0.39, 0.29) is 5.91 Å². The first-order valence-electron chi connectivity index (χ1n) is 6.64. The lowest BCUT2D eigenvalue weighted by Gasteiger charge is -2.14. The van der Waals surface area contributed by atoms with Gasteiger partial charge in [0.25, 0.3) is 5.91 Å². The molecule has 0 saturated carbocycles. The lowest BCUT2D eigenvalue weighted by Crippen LogP contribution is -2.41. The number of aliphatic carboxylic acids is 1. The number of aryl methyl sites for hydroxylation is 1. The van der Waals surface area contributed by atoms with Gasteiger partial charge < -0.3 is 15.4 Å². The molecule has 0 aliphatic rings. The molecule has 5 nitrogen and oxygen atoms in total. The van der Waals surface area contributed by atoms with Crippen molar-refractivity contribution in [3.05, 3.63) is 35.5 Å². The van der Waals surface area contributed by atoms with E-state index in [4.69, 9.17) is 0 Å². The summed E-state index contributed by atoms with van der Waals surface area (Å²) in [5.74, 6) is -0.669. The van der Waals surface area contributed by atoms with Gasteiger partial charge in [0.1, 0.15) is 6.04 Å². The van der Waals surface area contributed by atoms with E-state index in [9.17, 15) is 14.7 Å². The Morgan fingerprint density at radius 1 is 1.38 bits per heavy atom. The van der Waals surface area contributed by atoms with Gasteiger partial charge in [-0.15, -0.1) is 0 Å². The molecule has 0 aliphatic carbocycles. The Morgan fingerprint density at radius 2 is 2.10 bits per heavy atom. The number of nitrogens with one attached hydrogen (secondary N) is 2. The van der Waals surface area contributed by atoms with Crippen molar-refractivity contribution in [3.63, 3.8) is 0 Å². The Bertz CT molecular complexity index is 666. The number of para-hydroxylation sites is 1. The molecule has 0 unspecified atom stereocenters. The second-order valence-corrected chi connectivity index (χ2v) is 5.80. The number of thioether (sulfide) groups is 1. The Hall–Kier alpha value is -1.95. The van der Waals surface area contributed by atoms with Crippen molar-refractivity contribution in [1.29, 1.82) is 0 Å². The van der Waals surface area contributed by atoms with Crippen molar-refractivity contribution in [2.75, 3.05) is 12.0 Å². The summed E-state index contributed by atoms with van der Waals surface area (Å²) in [4.78, 5) is 26.8. The molecule has 1 aromatic heterocycles. The molecule has 1 amide bonds. The summed E-state index contributed by atoms with van der Waals surface area (Å²) in [5.41, 5.74) is 2.12. The summed E-state index contributed by atoms with van der Waals surface area (Å²) in [6, 6.07) is 6.62. The minimum absolute atomic E-state index is 0.349. The lowest BCUT2D eigenvalue weighted by molar-refractivity contribution is -0.139. The van der Waals surface area contributed by atoms with E-state index in [0.717, 1.165) is 16.6 Å². The zero-order chi connectivity index (χ0) is 15.4. The third-order valence-electron chi connectivity index (χ3n) is 3.33. The number of carbonyl (C=O) groups is 2. The molecular formula is C15H18N2O3S. The van der Waals surface area contributed by atoms with Crippen LogP contribution < -0.4 is 5.32 Å². The Kier molecular flexibility index (Phi) is 4.90. The largest absolute Gasteiger partial charge is 0.480 e. The van der Waals surface area contributed by atoms with Crippen LogP contribution in [0.4, 0.5) is 0 Å². The fourth-order valence-electron chi connectivity index (χ4n) is 2.29. The van der Waals surface area contributed by atoms with Gasteiger partial charge in [-0.2, -0.15) is 11.8 Å². The van der Waals surface area contributed by atoms with Gasteiger partial charge in [0.05, 0.1) is 5.56 Å². The number of rotatable bonds is 6. The summed E-state index contributed by atoms with van der Waals surface area (Å²) < 4.78 is 0. The fourth-order valence-corrected chi connectivity index (χ4v) is 2.76. The molecule has 6 heteroatoms. The number of carboxylic acid groups (broad SMARTS) is 1. The van der Waals surface area contributed by atoms with Gasteiger partial charge in [0.15, 0.2) is 0 Å². The normalized spacial score (nSPS) is 12.3. The molecule has 0 bridgehead atoms. The smallest absolute Gasteiger partial charge is 0.326 e. The number of amides is 1. The van der Waals surface area contributed by atoms with Crippen molar-refractivity contribution >= 4 is 34.5 Å². The van der Waals surface area contributed by atoms with Crippen molar-refractivity contribution < 1.29 is 14.7 Å². The average Bonchev–Trinajstić information content (AvgIpc) is 2.78. The third-order valence-corrected chi connectivity index (χ3v) is 3.98. The summed E-state index contributed by atoms with van der Waals surface area (Å²) >= 11 is 1.56. The van der Waals surface area contributed by atoms with Gasteiger partial charge in [-0.25, -0.2) is 4.79 Å². The molecule has 1 atom stereocenters. The highest BCUT2D eigenvalue weighted by Crippen LogP contribution is 2.21. The molecule has 21 heavy (non-hydrogen) atoms. The number of aromatic nitrogens is 1. The number of carbonyl (C=O) groups excluding carboxylic acids is 1. The van der Waals surface area contributed by atoms with Crippen LogP contribution in [0.25, 0.3) is 10.9 Å². The number of H-pyrrole nitrogens is 1. The van der Waals surface area contributed by atoms with Gasteiger partial charge in [-0.1, -0.05) is 18.2 Å². The first kappa shape index (κ1) is 15.4. The second-order valence-electron chi connectivity index (χ2n) is 4.82. The SMILES string of the molecule is CSCC[C@H](NC(=O)c1c(C)[nH]c2ccccc12)C(=O)O. The fraction of sp³-hybridized carbons (Fsp3) is 0.333. The summed E-state index contributed by atoms with van der Waals surface area (Å²) in [7, 11) is 0. The maximum atomic E-state index is 12.4. The van der Waals surface area contributed by atoms with Crippen molar-refractivity contribution in [1.82, 2.24) is 10.3 Å². The minimum atomic E-state index is -1.00. The van der Waals surface area contributed by atoms with E-state index in [0.29, 0.717) is 17.7 Å². The number of hydrogen-bond acceptors (Lipinski definition) is 3. The van der Waals surface area contributed by atoms with Crippen molar-refractivity contribution in [2.45, 2.75) is 19.4 Å². The maximum absolute atomic E-state index is 12.4. The standard InChI is InChI=1S/C15H18N2O3S/c1-9-13(10-5-3-4-6-11(10)16-9)14(18)17-12(15(19)20)7-8-21-2/h3-6,12,16H,7-8H2,1-2H3,(H,17,18)(H,19,20)/t12-/m0/s1. The second kappa shape index (κ2) is 6.67. The Balaban J connectivity index is 2.25. The number of aromatic amines is 1. The van der Waals surface area contributed by atoms with E-state index in [1.165, 1.54) is 0 Å². The molecule has 2 rings (SSSR count). The zero-order valence-electron chi connectivity index (χ0n) is 12.0. The van der Waals surface area contributed by atoms with Gasteiger partial charge >= 0.3 is 5.97 Å². The highest BCUT2D eigenvalue weighted by atomic mass is 32.2. The highest BCUT2D eigenvalue weighted by molar-refractivity contribution is 7.98. The van der Waals surface area contributed by atoms with Crippen LogP contribution in [0.15, 0.2) is 24.3 Å². The van der Waals surface area contributed by atoms with E-state index < -0.39 is 12.0 Å². The molecule has 3 N–H and O–H groups in total. The van der Waals surface area contributed by atoms with Crippen molar-refractivity contribution in [2.24, 2.45) is 0 Å². The minimum Gasteiger partial charge on any atom is -0.480 e. The van der Waals surface area contributed by atoms with Crippen LogP contribution in [0.5, 0.6) is 0 Å². The first-order valence-corrected chi connectivity index (χ1v) is 8.04. The Morgan fingerprint density at radius 3 is 2.76 bits per heavy atom. The first-order chi connectivity index (χ1) is 10.0. The monoisotopic (exact) mass is 306 g/mol. The zero-order valence-corrected chi connectivity index (χ0v) is 12.8. The quantitative estimate of drug-likeness (QED) is 0.765. The molecule has 0 fully saturated rings. The van der Waals surface area contributed by atoms with Crippen LogP contribution >= 0.6 is 11.8 Å². The number of benzene rings is 1. The molecule has 2 aromatic rings. The summed E-state index contributed by atoms with van der Waals surface area (Å²) in [6.45, 7) is 1.81. The lowest BCUT2D eigenvalue weighted by atomic mass is 10.1. The Labute approximate surface area is 127 Å². The van der Waals surface area contributed by atoms with E-state index in [1.807, 2.05) is 37.4 Å². The average molecular weight is 306 g/mol. The summed E-state index contributed by atoms with van der Waals surface area (Å²) in [5, 5.41) is 12.6. The van der Waals surface area contributed by atoms with Crippen LogP contribution in [-0.2, 0) is 4.79 Å². The van der Waals surface area contributed by atoms with Crippen molar-refractivity contribution in [3.8, 4) is 0 Å². The van der Waals surface area contributed by atoms with Crippen LogP contribution in [0.1, 0.15) is 22.5 Å². The number of hydrogen-bond donors (Lipinski definition) is 3. The molecule has 0 spiro atoms. The van der Waals surface area contributed by atoms with Crippen LogP contribution in [0.2, 0.25) is 0 Å². The number of carboxylic acids is 1. The van der Waals surface area contributed by atoms with Crippen LogP contribution in [-0.4, -0.2) is 40.0 Å². The molecule has 112 valence electrons. The van der Waals surface area contributed by atoms with Gasteiger partial charge in [-0.3, -0.25) is 4.79 Å². The third kappa shape index (κ3) is 3.39. The predicted molar refractivity (Wildman–Crippen MR) is 84.9 cm³/mol. The van der Waals surface area contributed by atoms with Gasteiger partial charge in [0.2, 0.25) is 0 Å². The summed E-state index contributed by atoms with van der Waals surface area (Å²) in [6.07, 6.45) is 2.31. The predicted octanol–water partition coefficient (Wildman–Crippen LogP) is 2.41. The molecular weight excluding hydrogens is 288 g/mol. The van der Waals surface area contributed by atoms with Gasteiger partial charge in [-0.05, 0) is 31.4 Å². The topological polar surface area (TPSA) is 82.2 Å². The molecule has 0 radical (unpaired) electrons. The van der Waals surface area contributed by atoms with E-state index in [1.54, 1.807) is 11.8 Å². The van der Waals surface area contributed by atoms with E-state index >= 15 is 0 Å². The molecule has 1 aromatic carbocycles.